The van der Waals surface area contributed by atoms with Gasteiger partial charge in [0, 0.05) is 16.1 Å². The Balaban J connectivity index is 2.07. The van der Waals surface area contributed by atoms with Crippen molar-refractivity contribution < 1.29 is 4.42 Å². The minimum atomic E-state index is -0.291. The Labute approximate surface area is 121 Å². The number of pyridine rings is 1. The van der Waals surface area contributed by atoms with Gasteiger partial charge < -0.3 is 4.42 Å². The van der Waals surface area contributed by atoms with E-state index < -0.39 is 0 Å². The highest BCUT2D eigenvalue weighted by atomic mass is 35.5. The Hall–Kier alpha value is -1.88. The van der Waals surface area contributed by atoms with E-state index in [1.807, 2.05) is 43.3 Å². The maximum Gasteiger partial charge on any atom is 0.134 e. The van der Waals surface area contributed by atoms with Gasteiger partial charge in [-0.2, -0.15) is 0 Å². The average Bonchev–Trinajstić information content (AvgIpc) is 2.82. The van der Waals surface area contributed by atoms with Crippen LogP contribution in [0.5, 0.6) is 0 Å². The van der Waals surface area contributed by atoms with Gasteiger partial charge in [-0.1, -0.05) is 17.7 Å². The van der Waals surface area contributed by atoms with E-state index in [4.69, 9.17) is 21.9 Å². The van der Waals surface area contributed by atoms with E-state index in [2.05, 4.69) is 10.4 Å². The molecule has 0 aliphatic heterocycles. The lowest BCUT2D eigenvalue weighted by molar-refractivity contribution is 0.471. The molecule has 2 heterocycles. The van der Waals surface area contributed by atoms with Gasteiger partial charge in [-0.25, -0.2) is 5.43 Å². The summed E-state index contributed by atoms with van der Waals surface area (Å²) in [6, 6.07) is 12.9. The van der Waals surface area contributed by atoms with Gasteiger partial charge in [-0.05, 0) is 43.3 Å². The molecule has 3 rings (SSSR count). The number of furan rings is 1. The molecule has 1 atom stereocenters. The minimum Gasteiger partial charge on any atom is -0.459 e. The van der Waals surface area contributed by atoms with Crippen molar-refractivity contribution in [3.63, 3.8) is 0 Å². The van der Waals surface area contributed by atoms with Gasteiger partial charge in [-0.15, -0.1) is 0 Å². The third kappa shape index (κ3) is 2.41. The van der Waals surface area contributed by atoms with E-state index >= 15 is 0 Å². The number of halogens is 1. The van der Waals surface area contributed by atoms with Crippen molar-refractivity contribution in [1.82, 2.24) is 10.4 Å². The number of aromatic nitrogens is 1. The number of rotatable bonds is 3. The SMILES string of the molecule is Cc1cccc(C(NN)c2cc3cc(Cl)ccc3o2)n1. The zero-order valence-electron chi connectivity index (χ0n) is 10.9. The van der Waals surface area contributed by atoms with E-state index in [0.29, 0.717) is 10.8 Å². The molecule has 0 aliphatic rings. The predicted molar refractivity (Wildman–Crippen MR) is 79.4 cm³/mol. The molecule has 3 N–H and O–H groups in total. The zero-order valence-corrected chi connectivity index (χ0v) is 11.7. The molecule has 0 fully saturated rings. The van der Waals surface area contributed by atoms with Crippen molar-refractivity contribution >= 4 is 22.6 Å². The summed E-state index contributed by atoms with van der Waals surface area (Å²) in [6.45, 7) is 1.94. The zero-order chi connectivity index (χ0) is 14.1. The maximum absolute atomic E-state index is 5.98. The normalized spacial score (nSPS) is 12.8. The largest absolute Gasteiger partial charge is 0.459 e. The Kier molecular flexibility index (Phi) is 3.44. The van der Waals surface area contributed by atoms with Crippen molar-refractivity contribution in [3.05, 3.63) is 64.6 Å². The topological polar surface area (TPSA) is 64.1 Å². The van der Waals surface area contributed by atoms with Crippen LogP contribution in [0.3, 0.4) is 0 Å². The molecule has 5 heteroatoms. The number of nitrogens with two attached hydrogens (primary N) is 1. The van der Waals surface area contributed by atoms with Crippen LogP contribution in [0, 0.1) is 6.92 Å². The minimum absolute atomic E-state index is 0.291. The predicted octanol–water partition coefficient (Wildman–Crippen LogP) is 3.34. The molecule has 4 nitrogen and oxygen atoms in total. The van der Waals surface area contributed by atoms with E-state index in [-0.39, 0.29) is 6.04 Å². The summed E-state index contributed by atoms with van der Waals surface area (Å²) in [5, 5.41) is 1.62. The highest BCUT2D eigenvalue weighted by Crippen LogP contribution is 2.28. The monoisotopic (exact) mass is 287 g/mol. The molecule has 0 saturated carbocycles. The number of fused-ring (bicyclic) bond motifs is 1. The first-order valence-electron chi connectivity index (χ1n) is 6.26. The third-order valence-electron chi connectivity index (χ3n) is 3.15. The fraction of sp³-hybridized carbons (Fsp3) is 0.133. The van der Waals surface area contributed by atoms with Crippen LogP contribution in [0.25, 0.3) is 11.0 Å². The first kappa shape index (κ1) is 13.1. The molecule has 0 bridgehead atoms. The van der Waals surface area contributed by atoms with E-state index in [1.165, 1.54) is 0 Å². The van der Waals surface area contributed by atoms with Gasteiger partial charge in [0.2, 0.25) is 0 Å². The van der Waals surface area contributed by atoms with Crippen LogP contribution in [0.1, 0.15) is 23.2 Å². The number of hydrogen-bond acceptors (Lipinski definition) is 4. The first-order chi connectivity index (χ1) is 9.67. The fourth-order valence-corrected chi connectivity index (χ4v) is 2.40. The Bertz CT molecular complexity index is 754. The summed E-state index contributed by atoms with van der Waals surface area (Å²) in [4.78, 5) is 4.48. The summed E-state index contributed by atoms with van der Waals surface area (Å²) in [7, 11) is 0. The molecule has 3 aromatic rings. The van der Waals surface area contributed by atoms with E-state index in [1.54, 1.807) is 6.07 Å². The number of hydrazine groups is 1. The standard InChI is InChI=1S/C15H14ClN3O/c1-9-3-2-4-12(18-9)15(19-17)14-8-10-7-11(16)5-6-13(10)20-14/h2-8,15,19H,17H2,1H3. The molecular formula is C15H14ClN3O. The molecule has 0 spiro atoms. The molecule has 102 valence electrons. The van der Waals surface area contributed by atoms with Crippen molar-refractivity contribution in [1.29, 1.82) is 0 Å². The highest BCUT2D eigenvalue weighted by Gasteiger charge is 2.18. The van der Waals surface area contributed by atoms with Gasteiger partial charge >= 0.3 is 0 Å². The first-order valence-corrected chi connectivity index (χ1v) is 6.64. The second kappa shape index (κ2) is 5.25. The fourth-order valence-electron chi connectivity index (χ4n) is 2.22. The van der Waals surface area contributed by atoms with E-state index in [0.717, 1.165) is 22.4 Å². The lowest BCUT2D eigenvalue weighted by atomic mass is 10.1. The summed E-state index contributed by atoms with van der Waals surface area (Å²) in [6.07, 6.45) is 0. The van der Waals surface area contributed by atoms with Crippen LogP contribution < -0.4 is 11.3 Å². The third-order valence-corrected chi connectivity index (χ3v) is 3.39. The number of hydrogen-bond donors (Lipinski definition) is 2. The number of nitrogens with one attached hydrogen (secondary N) is 1. The van der Waals surface area contributed by atoms with Crippen molar-refractivity contribution in [3.8, 4) is 0 Å². The van der Waals surface area contributed by atoms with Crippen LogP contribution >= 0.6 is 11.6 Å². The Morgan fingerprint density at radius 3 is 2.85 bits per heavy atom. The lowest BCUT2D eigenvalue weighted by Crippen LogP contribution is -2.29. The molecule has 1 aromatic carbocycles. The molecular weight excluding hydrogens is 274 g/mol. The molecule has 1 unspecified atom stereocenters. The van der Waals surface area contributed by atoms with Crippen molar-refractivity contribution in [2.24, 2.45) is 5.84 Å². The summed E-state index contributed by atoms with van der Waals surface area (Å²) in [5.74, 6) is 6.37. The van der Waals surface area contributed by atoms with Gasteiger partial charge in [0.05, 0.1) is 5.69 Å². The number of nitrogens with zero attached hydrogens (tertiary/aromatic N) is 1. The van der Waals surface area contributed by atoms with Crippen LogP contribution in [0.2, 0.25) is 5.02 Å². The van der Waals surface area contributed by atoms with Crippen LogP contribution in [-0.2, 0) is 0 Å². The molecule has 2 aromatic heterocycles. The van der Waals surface area contributed by atoms with Gasteiger partial charge in [0.1, 0.15) is 17.4 Å². The number of aryl methyl sites for hydroxylation is 1. The molecule has 0 radical (unpaired) electrons. The highest BCUT2D eigenvalue weighted by molar-refractivity contribution is 6.31. The second-order valence-electron chi connectivity index (χ2n) is 4.63. The van der Waals surface area contributed by atoms with Gasteiger partial charge in [-0.3, -0.25) is 10.8 Å². The van der Waals surface area contributed by atoms with Crippen molar-refractivity contribution in [2.45, 2.75) is 13.0 Å². The van der Waals surface area contributed by atoms with Gasteiger partial charge in [0.15, 0.2) is 0 Å². The maximum atomic E-state index is 5.98. The van der Waals surface area contributed by atoms with Crippen LogP contribution in [-0.4, -0.2) is 4.98 Å². The second-order valence-corrected chi connectivity index (χ2v) is 5.07. The lowest BCUT2D eigenvalue weighted by Gasteiger charge is -2.12. The summed E-state index contributed by atoms with van der Waals surface area (Å²) in [5.41, 5.74) is 5.27. The van der Waals surface area contributed by atoms with E-state index in [9.17, 15) is 0 Å². The molecule has 0 aliphatic carbocycles. The summed E-state index contributed by atoms with van der Waals surface area (Å²) < 4.78 is 5.83. The van der Waals surface area contributed by atoms with Crippen molar-refractivity contribution in [2.75, 3.05) is 0 Å². The molecule has 0 amide bonds. The average molecular weight is 288 g/mol. The van der Waals surface area contributed by atoms with Gasteiger partial charge in [0.25, 0.3) is 0 Å². The Morgan fingerprint density at radius 2 is 2.10 bits per heavy atom. The number of benzene rings is 1. The van der Waals surface area contributed by atoms with Crippen LogP contribution in [0.15, 0.2) is 46.9 Å². The quantitative estimate of drug-likeness (QED) is 0.573. The Morgan fingerprint density at radius 1 is 1.25 bits per heavy atom. The smallest absolute Gasteiger partial charge is 0.134 e. The van der Waals surface area contributed by atoms with Crippen LogP contribution in [0.4, 0.5) is 0 Å². The molecule has 0 saturated heterocycles. The summed E-state index contributed by atoms with van der Waals surface area (Å²) >= 11 is 5.98. The molecule has 20 heavy (non-hydrogen) atoms.